The molecule has 1 aromatic rings. The summed E-state index contributed by atoms with van der Waals surface area (Å²) in [6.45, 7) is 4.67. The summed E-state index contributed by atoms with van der Waals surface area (Å²) in [5, 5.41) is -0.929. The average Bonchev–Trinajstić information content (AvgIpc) is 2.33. The number of halogens is 4. The highest BCUT2D eigenvalue weighted by molar-refractivity contribution is 6.41. The molecule has 1 rings (SSSR count). The van der Waals surface area contributed by atoms with Crippen molar-refractivity contribution < 1.29 is 22.7 Å². The molecule has 6 heteroatoms. The van der Waals surface area contributed by atoms with Gasteiger partial charge >= 0.3 is 12.1 Å². The topological polar surface area (TPSA) is 26.3 Å². The molecule has 0 aromatic heterocycles. The second-order valence-corrected chi connectivity index (χ2v) is 5.83. The van der Waals surface area contributed by atoms with Crippen LogP contribution in [0.1, 0.15) is 26.3 Å². The van der Waals surface area contributed by atoms with Gasteiger partial charge in [-0.1, -0.05) is 41.9 Å². The Morgan fingerprint density at radius 3 is 2.10 bits per heavy atom. The van der Waals surface area contributed by atoms with Gasteiger partial charge in [0.05, 0.1) is 5.57 Å². The molecule has 0 N–H and O–H groups in total. The first-order chi connectivity index (χ1) is 9.50. The largest absolute Gasteiger partial charge is 0.456 e. The lowest BCUT2D eigenvalue weighted by Gasteiger charge is -2.21. The van der Waals surface area contributed by atoms with Crippen LogP contribution in [-0.2, 0) is 16.0 Å². The molecule has 0 amide bonds. The van der Waals surface area contributed by atoms with E-state index < -0.39 is 34.8 Å². The molecular weight excluding hydrogens is 305 g/mol. The van der Waals surface area contributed by atoms with E-state index in [1.165, 1.54) is 12.1 Å². The van der Waals surface area contributed by atoms with Crippen LogP contribution in [-0.4, -0.2) is 17.7 Å². The first-order valence-electron chi connectivity index (χ1n) is 6.24. The van der Waals surface area contributed by atoms with Crippen LogP contribution < -0.4 is 0 Å². The summed E-state index contributed by atoms with van der Waals surface area (Å²) in [7, 11) is 0. The summed E-state index contributed by atoms with van der Waals surface area (Å²) in [6.07, 6.45) is -5.19. The van der Waals surface area contributed by atoms with Gasteiger partial charge in [0.15, 0.2) is 0 Å². The number of alkyl halides is 3. The summed E-state index contributed by atoms with van der Waals surface area (Å²) >= 11 is 5.62. The highest BCUT2D eigenvalue weighted by Crippen LogP contribution is 2.33. The lowest BCUT2D eigenvalue weighted by Crippen LogP contribution is -2.26. The van der Waals surface area contributed by atoms with E-state index in [1.54, 1.807) is 39.0 Å². The zero-order valence-corrected chi connectivity index (χ0v) is 12.7. The predicted octanol–water partition coefficient (Wildman–Crippen LogP) is 4.63. The summed E-state index contributed by atoms with van der Waals surface area (Å²) in [4.78, 5) is 11.7. The molecule has 0 saturated carbocycles. The molecule has 0 saturated heterocycles. The normalized spacial score (nSPS) is 13.7. The number of ether oxygens (including phenoxy) is 1. The Hall–Kier alpha value is -1.49. The van der Waals surface area contributed by atoms with Crippen molar-refractivity contribution in [1.29, 1.82) is 0 Å². The number of rotatable bonds is 3. The maximum absolute atomic E-state index is 13.1. The molecule has 0 aliphatic heterocycles. The van der Waals surface area contributed by atoms with Crippen LogP contribution in [0.4, 0.5) is 13.2 Å². The second kappa shape index (κ2) is 6.52. The van der Waals surface area contributed by atoms with Gasteiger partial charge in [-0.3, -0.25) is 0 Å². The van der Waals surface area contributed by atoms with E-state index in [2.05, 4.69) is 0 Å². The van der Waals surface area contributed by atoms with Gasteiger partial charge in [0.2, 0.25) is 0 Å². The summed E-state index contributed by atoms with van der Waals surface area (Å²) in [6, 6.07) is 7.99. The van der Waals surface area contributed by atoms with Crippen molar-refractivity contribution in [2.45, 2.75) is 39.0 Å². The van der Waals surface area contributed by atoms with Crippen LogP contribution in [0.5, 0.6) is 0 Å². The number of hydrogen-bond acceptors (Lipinski definition) is 2. The molecule has 1 aromatic carbocycles. The minimum atomic E-state index is -4.70. The summed E-state index contributed by atoms with van der Waals surface area (Å²) in [5.41, 5.74) is -1.61. The lowest BCUT2D eigenvalue weighted by molar-refractivity contribution is -0.150. The molecule has 0 heterocycles. The molecule has 0 fully saturated rings. The van der Waals surface area contributed by atoms with Crippen molar-refractivity contribution in [3.8, 4) is 0 Å². The molecule has 0 radical (unpaired) electrons. The third-order valence-electron chi connectivity index (χ3n) is 2.41. The van der Waals surface area contributed by atoms with E-state index in [4.69, 9.17) is 16.3 Å². The molecule has 0 unspecified atom stereocenters. The number of hydrogen-bond donors (Lipinski definition) is 0. The SMILES string of the molecule is CC(C)(C)OC(=O)/C(Cl)=C(\Cc1ccccc1)C(F)(F)F. The molecular formula is C15H16ClF3O2. The Kier molecular flexibility index (Phi) is 5.45. The van der Waals surface area contributed by atoms with Crippen molar-refractivity contribution in [1.82, 2.24) is 0 Å². The standard InChI is InChI=1S/C15H16ClF3O2/c1-14(2,3)21-13(20)12(16)11(15(17,18)19)9-10-7-5-4-6-8-10/h4-8H,9H2,1-3H3/b12-11-. The Bertz CT molecular complexity index is 528. The number of allylic oxidation sites excluding steroid dienone is 1. The molecule has 0 bridgehead atoms. The van der Waals surface area contributed by atoms with E-state index in [0.29, 0.717) is 5.56 Å². The first kappa shape index (κ1) is 17.6. The van der Waals surface area contributed by atoms with Crippen molar-refractivity contribution in [2.24, 2.45) is 0 Å². The van der Waals surface area contributed by atoms with Gasteiger partial charge in [0.1, 0.15) is 10.6 Å². The quantitative estimate of drug-likeness (QED) is 0.599. The smallest absolute Gasteiger partial charge is 0.414 e. The summed E-state index contributed by atoms with van der Waals surface area (Å²) in [5.74, 6) is -1.17. The zero-order chi connectivity index (χ0) is 16.3. The van der Waals surface area contributed by atoms with Gasteiger partial charge in [-0.2, -0.15) is 13.2 Å². The molecule has 2 nitrogen and oxygen atoms in total. The third-order valence-corrected chi connectivity index (χ3v) is 2.79. The van der Waals surface area contributed by atoms with Crippen molar-refractivity contribution in [3.05, 3.63) is 46.5 Å². The minimum absolute atomic E-state index is 0.409. The first-order valence-corrected chi connectivity index (χ1v) is 6.61. The van der Waals surface area contributed by atoms with Gasteiger partial charge in [0.25, 0.3) is 0 Å². The van der Waals surface area contributed by atoms with Crippen LogP contribution >= 0.6 is 11.6 Å². The molecule has 116 valence electrons. The highest BCUT2D eigenvalue weighted by atomic mass is 35.5. The van der Waals surface area contributed by atoms with E-state index in [-0.39, 0.29) is 0 Å². The summed E-state index contributed by atoms with van der Waals surface area (Å²) < 4.78 is 44.2. The van der Waals surface area contributed by atoms with Crippen molar-refractivity contribution in [3.63, 3.8) is 0 Å². The third kappa shape index (κ3) is 5.79. The Labute approximate surface area is 126 Å². The monoisotopic (exact) mass is 320 g/mol. The molecule has 0 spiro atoms. The predicted molar refractivity (Wildman–Crippen MR) is 74.9 cm³/mol. The Morgan fingerprint density at radius 1 is 1.14 bits per heavy atom. The number of carbonyl (C=O) groups excluding carboxylic acids is 1. The molecule has 0 aliphatic carbocycles. The van der Waals surface area contributed by atoms with Gasteiger partial charge in [-0.25, -0.2) is 4.79 Å². The van der Waals surface area contributed by atoms with E-state index in [0.717, 1.165) is 0 Å². The fraction of sp³-hybridized carbons (Fsp3) is 0.400. The molecule has 0 atom stereocenters. The fourth-order valence-corrected chi connectivity index (χ4v) is 1.76. The van der Waals surface area contributed by atoms with Crippen LogP contribution in [0.2, 0.25) is 0 Å². The highest BCUT2D eigenvalue weighted by Gasteiger charge is 2.38. The van der Waals surface area contributed by atoms with E-state index >= 15 is 0 Å². The van der Waals surface area contributed by atoms with E-state index in [9.17, 15) is 18.0 Å². The van der Waals surface area contributed by atoms with Crippen molar-refractivity contribution in [2.75, 3.05) is 0 Å². The van der Waals surface area contributed by atoms with Crippen LogP contribution in [0.25, 0.3) is 0 Å². The van der Waals surface area contributed by atoms with Gasteiger partial charge < -0.3 is 4.74 Å². The van der Waals surface area contributed by atoms with Gasteiger partial charge in [-0.05, 0) is 26.3 Å². The number of benzene rings is 1. The van der Waals surface area contributed by atoms with Crippen LogP contribution in [0, 0.1) is 0 Å². The average molecular weight is 321 g/mol. The van der Waals surface area contributed by atoms with Crippen LogP contribution in [0.3, 0.4) is 0 Å². The fourth-order valence-electron chi connectivity index (χ4n) is 1.55. The maximum Gasteiger partial charge on any atom is 0.414 e. The number of esters is 1. The maximum atomic E-state index is 13.1. The van der Waals surface area contributed by atoms with E-state index in [1.807, 2.05) is 0 Å². The van der Waals surface area contributed by atoms with Crippen molar-refractivity contribution >= 4 is 17.6 Å². The van der Waals surface area contributed by atoms with Crippen LogP contribution in [0.15, 0.2) is 40.9 Å². The Morgan fingerprint density at radius 2 is 1.67 bits per heavy atom. The lowest BCUT2D eigenvalue weighted by atomic mass is 10.0. The van der Waals surface area contributed by atoms with Gasteiger partial charge in [-0.15, -0.1) is 0 Å². The number of carbonyl (C=O) groups is 1. The molecule has 21 heavy (non-hydrogen) atoms. The Balaban J connectivity index is 3.12. The zero-order valence-electron chi connectivity index (χ0n) is 11.9. The molecule has 0 aliphatic rings. The van der Waals surface area contributed by atoms with Gasteiger partial charge in [0, 0.05) is 6.42 Å². The minimum Gasteiger partial charge on any atom is -0.456 e. The second-order valence-electron chi connectivity index (χ2n) is 5.45.